The van der Waals surface area contributed by atoms with E-state index >= 15 is 0 Å². The quantitative estimate of drug-likeness (QED) is 0.531. The fourth-order valence-electron chi connectivity index (χ4n) is 3.07. The molecule has 3 nitrogen and oxygen atoms in total. The average molecular weight is 222 g/mol. The molecule has 3 rings (SSSR count). The van der Waals surface area contributed by atoms with Crippen LogP contribution in [0.2, 0.25) is 0 Å². The minimum atomic E-state index is -0.274. The summed E-state index contributed by atoms with van der Waals surface area (Å²) in [4.78, 5) is 12.0. The highest BCUT2D eigenvalue weighted by atomic mass is 16.7. The van der Waals surface area contributed by atoms with E-state index in [2.05, 4.69) is 12.2 Å². The van der Waals surface area contributed by atoms with Gasteiger partial charge in [0.15, 0.2) is 0 Å². The lowest BCUT2D eigenvalue weighted by Crippen LogP contribution is -2.30. The Balaban J connectivity index is 1.55. The number of carbonyl (C=O) groups excluding carboxylic acids is 1. The van der Waals surface area contributed by atoms with Crippen LogP contribution in [-0.4, -0.2) is 18.9 Å². The first kappa shape index (κ1) is 10.3. The lowest BCUT2D eigenvalue weighted by atomic mass is 9.94. The number of hydrogen-bond donors (Lipinski definition) is 0. The van der Waals surface area contributed by atoms with Gasteiger partial charge in [0.25, 0.3) is 0 Å². The van der Waals surface area contributed by atoms with E-state index in [0.29, 0.717) is 11.8 Å². The number of carbonyl (C=O) groups is 1. The van der Waals surface area contributed by atoms with Gasteiger partial charge < -0.3 is 9.47 Å². The van der Waals surface area contributed by atoms with E-state index in [9.17, 15) is 4.79 Å². The first-order valence-electron chi connectivity index (χ1n) is 6.33. The molecule has 0 unspecified atom stereocenters. The highest BCUT2D eigenvalue weighted by molar-refractivity contribution is 5.74. The molecule has 3 aliphatic rings. The summed E-state index contributed by atoms with van der Waals surface area (Å²) in [5.74, 6) is 1.11. The molecule has 2 aliphatic carbocycles. The zero-order valence-electron chi connectivity index (χ0n) is 9.43. The van der Waals surface area contributed by atoms with E-state index in [1.165, 1.54) is 0 Å². The molecular weight excluding hydrogens is 204 g/mol. The lowest BCUT2D eigenvalue weighted by molar-refractivity contribution is -0.191. The molecule has 0 N–H and O–H groups in total. The molecule has 0 aromatic rings. The van der Waals surface area contributed by atoms with Gasteiger partial charge in [-0.1, -0.05) is 12.2 Å². The van der Waals surface area contributed by atoms with Crippen molar-refractivity contribution in [3.63, 3.8) is 0 Å². The summed E-state index contributed by atoms with van der Waals surface area (Å²) in [6.07, 6.45) is 9.33. The molecule has 4 atom stereocenters. The molecule has 1 heterocycles. The van der Waals surface area contributed by atoms with Crippen LogP contribution >= 0.6 is 0 Å². The molecule has 0 radical (unpaired) electrons. The minimum absolute atomic E-state index is 0.0382. The van der Waals surface area contributed by atoms with Gasteiger partial charge >= 0.3 is 5.97 Å². The van der Waals surface area contributed by atoms with Crippen molar-refractivity contribution >= 4 is 5.97 Å². The average Bonchev–Trinajstić information content (AvgIpc) is 2.92. The predicted octanol–water partition coefficient (Wildman–Crippen LogP) is 2.27. The number of rotatable bonds is 2. The Morgan fingerprint density at radius 1 is 1.25 bits per heavy atom. The second kappa shape index (κ2) is 4.21. The second-order valence-corrected chi connectivity index (χ2v) is 5.12. The third kappa shape index (κ3) is 1.88. The van der Waals surface area contributed by atoms with Gasteiger partial charge in [-0.25, -0.2) is 0 Å². The molecular formula is C13H18O3. The van der Waals surface area contributed by atoms with E-state index in [-0.39, 0.29) is 18.2 Å². The van der Waals surface area contributed by atoms with Crippen LogP contribution in [0.1, 0.15) is 32.1 Å². The van der Waals surface area contributed by atoms with Gasteiger partial charge in [-0.2, -0.15) is 0 Å². The maximum atomic E-state index is 12.0. The van der Waals surface area contributed by atoms with Crippen molar-refractivity contribution in [2.45, 2.75) is 38.4 Å². The van der Waals surface area contributed by atoms with Gasteiger partial charge in [-0.15, -0.1) is 0 Å². The first-order valence-corrected chi connectivity index (χ1v) is 6.33. The highest BCUT2D eigenvalue weighted by Gasteiger charge is 2.41. The molecule has 1 saturated heterocycles. The molecule has 0 aromatic carbocycles. The van der Waals surface area contributed by atoms with Crippen LogP contribution in [0.25, 0.3) is 0 Å². The largest absolute Gasteiger partial charge is 0.436 e. The van der Waals surface area contributed by atoms with Gasteiger partial charge in [-0.05, 0) is 37.5 Å². The Hall–Kier alpha value is -0.830. The minimum Gasteiger partial charge on any atom is -0.436 e. The SMILES string of the molecule is O=C(O[C@@H]1CCCCO1)[C@@H]1C[C@H]2C=C[C@@H]1C2. The zero-order chi connectivity index (χ0) is 11.0. The molecule has 0 aromatic heterocycles. The van der Waals surface area contributed by atoms with Crippen LogP contribution in [0.4, 0.5) is 0 Å². The van der Waals surface area contributed by atoms with Crippen molar-refractivity contribution in [3.8, 4) is 0 Å². The monoisotopic (exact) mass is 222 g/mol. The van der Waals surface area contributed by atoms with E-state index < -0.39 is 0 Å². The van der Waals surface area contributed by atoms with Crippen molar-refractivity contribution in [2.24, 2.45) is 17.8 Å². The summed E-state index contributed by atoms with van der Waals surface area (Å²) in [6.45, 7) is 0.731. The summed E-state index contributed by atoms with van der Waals surface area (Å²) >= 11 is 0. The molecule has 2 fully saturated rings. The predicted molar refractivity (Wildman–Crippen MR) is 58.5 cm³/mol. The van der Waals surface area contributed by atoms with E-state index in [0.717, 1.165) is 38.7 Å². The zero-order valence-corrected chi connectivity index (χ0v) is 9.43. The van der Waals surface area contributed by atoms with Crippen LogP contribution in [-0.2, 0) is 14.3 Å². The lowest BCUT2D eigenvalue weighted by Gasteiger charge is -2.25. The highest BCUT2D eigenvalue weighted by Crippen LogP contribution is 2.44. The fraction of sp³-hybridized carbons (Fsp3) is 0.769. The van der Waals surface area contributed by atoms with Crippen molar-refractivity contribution in [1.82, 2.24) is 0 Å². The summed E-state index contributed by atoms with van der Waals surface area (Å²) in [7, 11) is 0. The van der Waals surface area contributed by atoms with Gasteiger partial charge in [0.05, 0.1) is 12.5 Å². The summed E-state index contributed by atoms with van der Waals surface area (Å²) in [6, 6.07) is 0. The Morgan fingerprint density at radius 3 is 2.81 bits per heavy atom. The van der Waals surface area contributed by atoms with Crippen LogP contribution in [0.5, 0.6) is 0 Å². The number of hydrogen-bond acceptors (Lipinski definition) is 3. The second-order valence-electron chi connectivity index (χ2n) is 5.12. The summed E-state index contributed by atoms with van der Waals surface area (Å²) < 4.78 is 10.9. The standard InChI is InChI=1S/C13H18O3/c14-13(16-12-3-1-2-6-15-12)11-8-9-4-5-10(11)7-9/h4-5,9-12H,1-3,6-8H2/t9-,10+,11+,12+/m0/s1. The van der Waals surface area contributed by atoms with Crippen LogP contribution in [0.3, 0.4) is 0 Å². The molecule has 3 heteroatoms. The Bertz CT molecular complexity index is 304. The smallest absolute Gasteiger partial charge is 0.311 e. The van der Waals surface area contributed by atoms with E-state index in [1.807, 2.05) is 0 Å². The Morgan fingerprint density at radius 2 is 2.19 bits per heavy atom. The Kier molecular flexibility index (Phi) is 2.72. The van der Waals surface area contributed by atoms with Crippen molar-refractivity contribution in [1.29, 1.82) is 0 Å². The summed E-state index contributed by atoms with van der Waals surface area (Å²) in [5, 5.41) is 0. The van der Waals surface area contributed by atoms with Gasteiger partial charge in [0.1, 0.15) is 0 Å². The van der Waals surface area contributed by atoms with Gasteiger partial charge in [0, 0.05) is 6.42 Å². The molecule has 88 valence electrons. The number of ether oxygens (including phenoxy) is 2. The summed E-state index contributed by atoms with van der Waals surface area (Å²) in [5.41, 5.74) is 0. The molecule has 16 heavy (non-hydrogen) atoms. The topological polar surface area (TPSA) is 35.5 Å². The van der Waals surface area contributed by atoms with Crippen molar-refractivity contribution < 1.29 is 14.3 Å². The van der Waals surface area contributed by atoms with Crippen LogP contribution < -0.4 is 0 Å². The number of esters is 1. The van der Waals surface area contributed by atoms with Crippen molar-refractivity contribution in [3.05, 3.63) is 12.2 Å². The van der Waals surface area contributed by atoms with Gasteiger partial charge in [-0.3, -0.25) is 4.79 Å². The fourth-order valence-corrected chi connectivity index (χ4v) is 3.07. The maximum Gasteiger partial charge on any atom is 0.311 e. The number of allylic oxidation sites excluding steroid dienone is 2. The van der Waals surface area contributed by atoms with Crippen LogP contribution in [0, 0.1) is 17.8 Å². The van der Waals surface area contributed by atoms with E-state index in [1.54, 1.807) is 0 Å². The molecule has 0 amide bonds. The molecule has 1 saturated carbocycles. The molecule has 1 aliphatic heterocycles. The van der Waals surface area contributed by atoms with Crippen molar-refractivity contribution in [2.75, 3.05) is 6.61 Å². The normalized spacial score (nSPS) is 41.2. The Labute approximate surface area is 95.8 Å². The molecule has 0 spiro atoms. The molecule has 2 bridgehead atoms. The third-order valence-electron chi connectivity index (χ3n) is 3.97. The van der Waals surface area contributed by atoms with Gasteiger partial charge in [0.2, 0.25) is 6.29 Å². The number of fused-ring (bicyclic) bond motifs is 2. The maximum absolute atomic E-state index is 12.0. The first-order chi connectivity index (χ1) is 7.83. The third-order valence-corrected chi connectivity index (χ3v) is 3.97. The van der Waals surface area contributed by atoms with Crippen LogP contribution in [0.15, 0.2) is 12.2 Å². The van der Waals surface area contributed by atoms with E-state index in [4.69, 9.17) is 9.47 Å².